The van der Waals surface area contributed by atoms with Crippen molar-refractivity contribution in [3.63, 3.8) is 0 Å². The summed E-state index contributed by atoms with van der Waals surface area (Å²) in [4.78, 5) is 15.9. The van der Waals surface area contributed by atoms with Crippen molar-refractivity contribution in [2.45, 2.75) is 6.61 Å². The highest BCUT2D eigenvalue weighted by Gasteiger charge is 2.21. The molecular weight excluding hydrogens is 256 g/mol. The summed E-state index contributed by atoms with van der Waals surface area (Å²) >= 11 is 0. The fraction of sp³-hybridized carbons (Fsp3) is 0.0769. The molecule has 0 saturated heterocycles. The summed E-state index contributed by atoms with van der Waals surface area (Å²) in [5.41, 5.74) is -0.140. The molecule has 0 fully saturated rings. The van der Waals surface area contributed by atoms with E-state index in [4.69, 9.17) is 0 Å². The molecule has 0 aliphatic heterocycles. The summed E-state index contributed by atoms with van der Waals surface area (Å²) in [5, 5.41) is 9.67. The maximum absolute atomic E-state index is 12.3. The van der Waals surface area contributed by atoms with Crippen LogP contribution >= 0.6 is 0 Å². The van der Waals surface area contributed by atoms with E-state index in [1.54, 1.807) is 0 Å². The van der Waals surface area contributed by atoms with Crippen LogP contribution in [0.2, 0.25) is 0 Å². The number of phenolic OH excluding ortho intramolecular Hbond substituents is 1. The Balaban J connectivity index is 2.46. The van der Waals surface area contributed by atoms with Gasteiger partial charge in [0.25, 0.3) is 0 Å². The fourth-order valence-electron chi connectivity index (χ4n) is 1.58. The quantitative estimate of drug-likeness (QED) is 0.863. The second kappa shape index (κ2) is 5.43. The third-order valence-electron chi connectivity index (χ3n) is 2.37. The second-order valence-corrected chi connectivity index (χ2v) is 3.60. The van der Waals surface area contributed by atoms with Gasteiger partial charge in [0.05, 0.1) is 0 Å². The van der Waals surface area contributed by atoms with Gasteiger partial charge in [-0.05, 0) is 24.3 Å². The zero-order valence-corrected chi connectivity index (χ0v) is 9.59. The maximum Gasteiger partial charge on any atom is 0.387 e. The van der Waals surface area contributed by atoms with Crippen molar-refractivity contribution in [2.75, 3.05) is 0 Å². The molecular formula is C13H9F2NO3. The Bertz CT molecular complexity index is 588. The number of ether oxygens (including phenoxy) is 1. The maximum atomic E-state index is 12.3. The topological polar surface area (TPSA) is 59.4 Å². The molecule has 0 saturated carbocycles. The van der Waals surface area contributed by atoms with Gasteiger partial charge in [-0.25, -0.2) is 0 Å². The molecule has 0 unspecified atom stereocenters. The number of alkyl halides is 2. The highest BCUT2D eigenvalue weighted by atomic mass is 19.3. The normalized spacial score (nSPS) is 10.5. The SMILES string of the molecule is O=C(c1cccnc1)c1c(O)cccc1OC(F)F. The molecule has 0 spiro atoms. The molecule has 1 aromatic carbocycles. The van der Waals surface area contributed by atoms with Crippen LogP contribution in [-0.4, -0.2) is 22.5 Å². The molecule has 2 rings (SSSR count). The zero-order chi connectivity index (χ0) is 13.8. The number of benzene rings is 1. The minimum atomic E-state index is -3.08. The van der Waals surface area contributed by atoms with Gasteiger partial charge in [0.15, 0.2) is 0 Å². The molecule has 0 aliphatic carbocycles. The molecule has 0 radical (unpaired) electrons. The fourth-order valence-corrected chi connectivity index (χ4v) is 1.58. The van der Waals surface area contributed by atoms with E-state index in [9.17, 15) is 18.7 Å². The van der Waals surface area contributed by atoms with E-state index in [1.807, 2.05) is 0 Å². The van der Waals surface area contributed by atoms with Crippen LogP contribution in [0, 0.1) is 0 Å². The lowest BCUT2D eigenvalue weighted by Crippen LogP contribution is -2.09. The molecule has 0 atom stereocenters. The van der Waals surface area contributed by atoms with Crippen LogP contribution in [0.4, 0.5) is 8.78 Å². The number of halogens is 2. The highest BCUT2D eigenvalue weighted by Crippen LogP contribution is 2.30. The van der Waals surface area contributed by atoms with Crippen molar-refractivity contribution in [2.24, 2.45) is 0 Å². The van der Waals surface area contributed by atoms with Crippen LogP contribution in [0.5, 0.6) is 11.5 Å². The number of rotatable bonds is 4. The van der Waals surface area contributed by atoms with E-state index in [0.29, 0.717) is 0 Å². The minimum Gasteiger partial charge on any atom is -0.507 e. The summed E-state index contributed by atoms with van der Waals surface area (Å²) in [6, 6.07) is 6.72. The molecule has 4 nitrogen and oxygen atoms in total. The molecule has 2 aromatic rings. The smallest absolute Gasteiger partial charge is 0.387 e. The third kappa shape index (κ3) is 2.85. The average Bonchev–Trinajstić information content (AvgIpc) is 2.38. The number of hydrogen-bond acceptors (Lipinski definition) is 4. The largest absolute Gasteiger partial charge is 0.507 e. The first-order valence-electron chi connectivity index (χ1n) is 5.31. The Morgan fingerprint density at radius 2 is 2.05 bits per heavy atom. The van der Waals surface area contributed by atoms with E-state index in [0.717, 1.165) is 0 Å². The van der Waals surface area contributed by atoms with Gasteiger partial charge in [-0.2, -0.15) is 8.78 Å². The average molecular weight is 265 g/mol. The Labute approximate surface area is 107 Å². The van der Waals surface area contributed by atoms with Gasteiger partial charge in [0.2, 0.25) is 5.78 Å². The summed E-state index contributed by atoms with van der Waals surface area (Å²) < 4.78 is 28.8. The third-order valence-corrected chi connectivity index (χ3v) is 2.37. The van der Waals surface area contributed by atoms with Gasteiger partial charge in [0, 0.05) is 18.0 Å². The van der Waals surface area contributed by atoms with Crippen LogP contribution in [0.15, 0.2) is 42.7 Å². The van der Waals surface area contributed by atoms with E-state index >= 15 is 0 Å². The standard InChI is InChI=1S/C13H9F2NO3/c14-13(15)19-10-5-1-4-9(17)11(10)12(18)8-3-2-6-16-7-8/h1-7,13,17H. The van der Waals surface area contributed by atoms with Crippen LogP contribution in [0.3, 0.4) is 0 Å². The first-order chi connectivity index (χ1) is 9.09. The first-order valence-corrected chi connectivity index (χ1v) is 5.31. The van der Waals surface area contributed by atoms with Crippen molar-refractivity contribution in [3.05, 3.63) is 53.9 Å². The summed E-state index contributed by atoms with van der Waals surface area (Å²) in [5.74, 6) is -1.43. The van der Waals surface area contributed by atoms with E-state index in [2.05, 4.69) is 9.72 Å². The van der Waals surface area contributed by atoms with Crippen molar-refractivity contribution < 1.29 is 23.4 Å². The number of hydrogen-bond donors (Lipinski definition) is 1. The number of aromatic nitrogens is 1. The van der Waals surface area contributed by atoms with Crippen molar-refractivity contribution >= 4 is 5.78 Å². The molecule has 6 heteroatoms. The zero-order valence-electron chi connectivity index (χ0n) is 9.59. The van der Waals surface area contributed by atoms with Gasteiger partial charge in [-0.15, -0.1) is 0 Å². The molecule has 0 bridgehead atoms. The van der Waals surface area contributed by atoms with Crippen molar-refractivity contribution in [1.29, 1.82) is 0 Å². The monoisotopic (exact) mass is 265 g/mol. The van der Waals surface area contributed by atoms with Gasteiger partial charge in [-0.3, -0.25) is 9.78 Å². The predicted octanol–water partition coefficient (Wildman–Crippen LogP) is 2.62. The van der Waals surface area contributed by atoms with Crippen LogP contribution < -0.4 is 4.74 Å². The molecule has 1 aromatic heterocycles. The number of aromatic hydroxyl groups is 1. The highest BCUT2D eigenvalue weighted by molar-refractivity contribution is 6.12. The molecule has 1 heterocycles. The lowest BCUT2D eigenvalue weighted by molar-refractivity contribution is -0.0502. The molecule has 19 heavy (non-hydrogen) atoms. The van der Waals surface area contributed by atoms with Gasteiger partial charge in [0.1, 0.15) is 17.1 Å². The van der Waals surface area contributed by atoms with E-state index < -0.39 is 18.1 Å². The molecule has 1 N–H and O–H groups in total. The predicted molar refractivity (Wildman–Crippen MR) is 62.4 cm³/mol. The number of nitrogens with zero attached hydrogens (tertiary/aromatic N) is 1. The van der Waals surface area contributed by atoms with Crippen molar-refractivity contribution in [1.82, 2.24) is 4.98 Å². The Kier molecular flexibility index (Phi) is 3.70. The number of phenols is 1. The summed E-state index contributed by atoms with van der Waals surface area (Å²) in [6.45, 7) is -3.08. The van der Waals surface area contributed by atoms with Gasteiger partial charge >= 0.3 is 6.61 Å². The summed E-state index contributed by atoms with van der Waals surface area (Å²) in [7, 11) is 0. The van der Waals surface area contributed by atoms with Crippen LogP contribution in [0.1, 0.15) is 15.9 Å². The Morgan fingerprint density at radius 1 is 1.26 bits per heavy atom. The number of ketones is 1. The van der Waals surface area contributed by atoms with Crippen LogP contribution in [-0.2, 0) is 0 Å². The second-order valence-electron chi connectivity index (χ2n) is 3.60. The van der Waals surface area contributed by atoms with Crippen molar-refractivity contribution in [3.8, 4) is 11.5 Å². The molecule has 0 aliphatic rings. The Morgan fingerprint density at radius 3 is 2.68 bits per heavy atom. The number of carbonyl (C=O) groups is 1. The first kappa shape index (κ1) is 12.9. The lowest BCUT2D eigenvalue weighted by atomic mass is 10.0. The molecule has 98 valence electrons. The van der Waals surface area contributed by atoms with Gasteiger partial charge < -0.3 is 9.84 Å². The van der Waals surface area contributed by atoms with E-state index in [1.165, 1.54) is 42.7 Å². The number of carbonyl (C=O) groups excluding carboxylic acids is 1. The number of pyridine rings is 1. The minimum absolute atomic E-state index is 0.170. The summed E-state index contributed by atoms with van der Waals surface area (Å²) in [6.07, 6.45) is 2.75. The van der Waals surface area contributed by atoms with E-state index in [-0.39, 0.29) is 16.9 Å². The van der Waals surface area contributed by atoms with Crippen LogP contribution in [0.25, 0.3) is 0 Å². The lowest BCUT2D eigenvalue weighted by Gasteiger charge is -2.11. The molecule has 0 amide bonds. The van der Waals surface area contributed by atoms with Gasteiger partial charge in [-0.1, -0.05) is 6.07 Å². The Hall–Kier alpha value is -2.50.